The highest BCUT2D eigenvalue weighted by Gasteiger charge is 2.50. The maximum Gasteiger partial charge on any atom is 0.503 e. The average Bonchev–Trinajstić information content (AvgIpc) is 3.27. The fourth-order valence-corrected chi connectivity index (χ4v) is 21.3. The topological polar surface area (TPSA) is 126 Å². The van der Waals surface area contributed by atoms with Gasteiger partial charge in [0.2, 0.25) is 0 Å². The van der Waals surface area contributed by atoms with Crippen LogP contribution >= 0.6 is 0 Å². The molecule has 0 N–H and O–H groups in total. The molecule has 0 bridgehead atoms. The first kappa shape index (κ1) is 51.4. The zero-order chi connectivity index (χ0) is 43.2. The first-order chi connectivity index (χ1) is 28.3. The van der Waals surface area contributed by atoms with E-state index >= 15 is 0 Å². The van der Waals surface area contributed by atoms with Gasteiger partial charge in [-0.05, 0) is 138 Å². The van der Waals surface area contributed by atoms with E-state index in [0.717, 1.165) is 121 Å². The SMILES string of the molecule is CO[Si](C=O)(CCC1CCC([Si](C=O)(OC)OC)CC1)OC1CCC(CC(C)(C)CC2CCC(O[Si](CCC3CCC([Si](OC)(OC)OC)CC3)(OC)OC)CC2)CC1. The molecule has 4 saturated carbocycles. The molecule has 4 aliphatic carbocycles. The van der Waals surface area contributed by atoms with E-state index in [2.05, 4.69) is 13.8 Å². The summed E-state index contributed by atoms with van der Waals surface area (Å²) in [5.74, 6) is 4.48. The molecule has 1 unspecified atom stereocenters. The van der Waals surface area contributed by atoms with Crippen molar-refractivity contribution in [3.05, 3.63) is 0 Å². The molecular formula is C43H84O12Si4. The monoisotopic (exact) mass is 905 g/mol. The molecule has 0 spiro atoms. The van der Waals surface area contributed by atoms with Crippen molar-refractivity contribution in [2.45, 2.75) is 178 Å². The summed E-state index contributed by atoms with van der Waals surface area (Å²) in [5, 5.41) is 0. The summed E-state index contributed by atoms with van der Waals surface area (Å²) < 4.78 is 60.2. The molecule has 12 nitrogen and oxygen atoms in total. The molecule has 4 fully saturated rings. The van der Waals surface area contributed by atoms with Crippen LogP contribution in [0.5, 0.6) is 0 Å². The second-order valence-corrected chi connectivity index (χ2v) is 31.8. The van der Waals surface area contributed by atoms with Gasteiger partial charge in [0.25, 0.3) is 0 Å². The lowest BCUT2D eigenvalue weighted by Gasteiger charge is -2.40. The minimum Gasteiger partial charge on any atom is -0.393 e. The van der Waals surface area contributed by atoms with Crippen LogP contribution in [-0.2, 0) is 53.8 Å². The summed E-state index contributed by atoms with van der Waals surface area (Å²) in [4.78, 5) is 24.4. The summed E-state index contributed by atoms with van der Waals surface area (Å²) in [7, 11) is 2.45. The smallest absolute Gasteiger partial charge is 0.393 e. The molecule has 0 heterocycles. The minimum absolute atomic E-state index is 0.0965. The standard InChI is InChI=1S/C43H84O12Si4/c1-43(2,31-37-11-19-39(20-12-37)54-56(33-44,46-3)29-27-35-15-23-41(24-16-35)57(34-45,47-4)48-5)32-38-13-21-40(22-14-38)55-58(49-6,50-7)30-28-36-17-25-42(26-18-36)59(51-8,52-9)53-10/h33-42H,11-32H2,1-10H3. The molecule has 1 atom stereocenters. The normalized spacial score (nSPS) is 30.1. The first-order valence-corrected chi connectivity index (χ1v) is 30.8. The third kappa shape index (κ3) is 13.9. The lowest BCUT2D eigenvalue weighted by atomic mass is 9.70. The predicted octanol–water partition coefficient (Wildman–Crippen LogP) is 9.32. The molecule has 16 heteroatoms. The molecule has 0 aromatic rings. The number of hydrogen-bond donors (Lipinski definition) is 0. The third-order valence-electron chi connectivity index (χ3n) is 15.3. The van der Waals surface area contributed by atoms with Crippen molar-refractivity contribution in [2.75, 3.05) is 56.9 Å². The van der Waals surface area contributed by atoms with Crippen molar-refractivity contribution in [1.29, 1.82) is 0 Å². The van der Waals surface area contributed by atoms with Crippen LogP contribution in [0.2, 0.25) is 23.2 Å². The van der Waals surface area contributed by atoms with Crippen molar-refractivity contribution in [1.82, 2.24) is 0 Å². The summed E-state index contributed by atoms with van der Waals surface area (Å²) in [6.07, 6.45) is 21.9. The van der Waals surface area contributed by atoms with E-state index in [1.54, 1.807) is 56.9 Å². The molecule has 0 saturated heterocycles. The maximum atomic E-state index is 12.5. The molecule has 0 aromatic heterocycles. The Kier molecular flexibility index (Phi) is 21.1. The second-order valence-electron chi connectivity index (χ2n) is 19.3. The minimum atomic E-state index is -2.95. The maximum absolute atomic E-state index is 12.5. The van der Waals surface area contributed by atoms with Gasteiger partial charge < -0.3 is 53.8 Å². The zero-order valence-electron chi connectivity index (χ0n) is 38.7. The predicted molar refractivity (Wildman–Crippen MR) is 240 cm³/mol. The van der Waals surface area contributed by atoms with Crippen LogP contribution in [0.4, 0.5) is 0 Å². The summed E-state index contributed by atoms with van der Waals surface area (Å²) in [6.45, 7) is 4.94. The lowest BCUT2D eigenvalue weighted by Crippen LogP contribution is -2.49. The molecular weight excluding hydrogens is 821 g/mol. The van der Waals surface area contributed by atoms with E-state index in [1.807, 2.05) is 0 Å². The second kappa shape index (κ2) is 24.2. The Morgan fingerprint density at radius 3 is 1.27 bits per heavy atom. The molecule has 344 valence electrons. The molecule has 0 radical (unpaired) electrons. The van der Waals surface area contributed by atoms with Crippen molar-refractivity contribution in [2.24, 2.45) is 29.1 Å². The van der Waals surface area contributed by atoms with Crippen molar-refractivity contribution >= 4 is 46.5 Å². The Labute approximate surface area is 362 Å². The van der Waals surface area contributed by atoms with Crippen LogP contribution in [0.1, 0.15) is 142 Å². The van der Waals surface area contributed by atoms with Gasteiger partial charge in [0, 0.05) is 86.2 Å². The van der Waals surface area contributed by atoms with Crippen molar-refractivity contribution in [3.63, 3.8) is 0 Å². The number of carbonyl (C=O) groups excluding carboxylic acids is 2. The van der Waals surface area contributed by atoms with Crippen LogP contribution in [-0.4, -0.2) is 116 Å². The van der Waals surface area contributed by atoms with E-state index in [-0.39, 0.29) is 23.2 Å². The van der Waals surface area contributed by atoms with Gasteiger partial charge in [0.15, 0.2) is 11.8 Å². The van der Waals surface area contributed by atoms with Crippen molar-refractivity contribution < 1.29 is 53.8 Å². The van der Waals surface area contributed by atoms with Crippen LogP contribution in [0.25, 0.3) is 0 Å². The molecule has 4 rings (SSSR count). The van der Waals surface area contributed by atoms with Crippen LogP contribution in [0.15, 0.2) is 0 Å². The van der Waals surface area contributed by atoms with E-state index < -0.39 is 34.7 Å². The van der Waals surface area contributed by atoms with Gasteiger partial charge in [0.05, 0.1) is 0 Å². The third-order valence-corrected chi connectivity index (χ3v) is 27.5. The van der Waals surface area contributed by atoms with Crippen LogP contribution in [0.3, 0.4) is 0 Å². The Bertz CT molecular complexity index is 1200. The summed E-state index contributed by atoms with van der Waals surface area (Å²) in [5.41, 5.74) is 0.817. The van der Waals surface area contributed by atoms with E-state index in [9.17, 15) is 9.59 Å². The van der Waals surface area contributed by atoms with Gasteiger partial charge in [-0.2, -0.15) is 0 Å². The number of hydrogen-bond acceptors (Lipinski definition) is 12. The van der Waals surface area contributed by atoms with E-state index in [1.165, 1.54) is 25.7 Å². The van der Waals surface area contributed by atoms with Gasteiger partial charge >= 0.3 is 34.7 Å². The van der Waals surface area contributed by atoms with E-state index in [4.69, 9.17) is 44.3 Å². The highest BCUT2D eigenvalue weighted by atomic mass is 28.4. The first-order valence-electron chi connectivity index (χ1n) is 23.0. The molecule has 59 heavy (non-hydrogen) atoms. The molecule has 0 amide bonds. The quantitative estimate of drug-likeness (QED) is 0.0607. The van der Waals surface area contributed by atoms with Gasteiger partial charge in [0.1, 0.15) is 0 Å². The van der Waals surface area contributed by atoms with E-state index in [0.29, 0.717) is 35.3 Å². The summed E-state index contributed by atoms with van der Waals surface area (Å²) >= 11 is 0. The lowest BCUT2D eigenvalue weighted by molar-refractivity contribution is 0.0226. The fourth-order valence-electron chi connectivity index (χ4n) is 11.7. The average molecular weight is 905 g/mol. The molecule has 0 aliphatic heterocycles. The van der Waals surface area contributed by atoms with Crippen LogP contribution in [0, 0.1) is 29.1 Å². The molecule has 0 aromatic carbocycles. The Morgan fingerprint density at radius 1 is 0.458 bits per heavy atom. The number of rotatable bonds is 26. The Morgan fingerprint density at radius 2 is 0.881 bits per heavy atom. The highest BCUT2D eigenvalue weighted by Crippen LogP contribution is 2.46. The van der Waals surface area contributed by atoms with Gasteiger partial charge in [-0.25, -0.2) is 0 Å². The zero-order valence-corrected chi connectivity index (χ0v) is 42.7. The fraction of sp³-hybridized carbons (Fsp3) is 0.953. The van der Waals surface area contributed by atoms with Gasteiger partial charge in [-0.3, -0.25) is 0 Å². The molecule has 4 aliphatic rings. The number of carbonyl (C=O) groups is 2. The Balaban J connectivity index is 1.15. The van der Waals surface area contributed by atoms with Gasteiger partial charge in [-0.1, -0.05) is 39.5 Å². The highest BCUT2D eigenvalue weighted by molar-refractivity contribution is 6.93. The largest absolute Gasteiger partial charge is 0.503 e. The van der Waals surface area contributed by atoms with Crippen LogP contribution < -0.4 is 0 Å². The van der Waals surface area contributed by atoms with Gasteiger partial charge in [-0.15, -0.1) is 0 Å². The summed E-state index contributed by atoms with van der Waals surface area (Å²) in [6, 6.07) is 1.55. The Hall–Kier alpha value is -0.192. The van der Waals surface area contributed by atoms with Crippen molar-refractivity contribution in [3.8, 4) is 0 Å².